The van der Waals surface area contributed by atoms with Gasteiger partial charge in [-0.05, 0) is 40.4 Å². The summed E-state index contributed by atoms with van der Waals surface area (Å²) in [6, 6.07) is 7.34. The largest absolute Gasteiger partial charge is 0.469 e. The summed E-state index contributed by atoms with van der Waals surface area (Å²) < 4.78 is 5.53. The molecule has 0 heterocycles. The van der Waals surface area contributed by atoms with Crippen molar-refractivity contribution in [2.24, 2.45) is 11.8 Å². The van der Waals surface area contributed by atoms with E-state index in [0.29, 0.717) is 24.6 Å². The first-order valence-corrected chi connectivity index (χ1v) is 8.27. The lowest BCUT2D eigenvalue weighted by Crippen LogP contribution is -2.38. The number of methoxy groups -OCH3 is 1. The molecule has 0 bridgehead atoms. The van der Waals surface area contributed by atoms with E-state index in [1.807, 2.05) is 18.2 Å². The molecule has 0 fully saturated rings. The van der Waals surface area contributed by atoms with Crippen LogP contribution in [0.3, 0.4) is 0 Å². The van der Waals surface area contributed by atoms with E-state index in [9.17, 15) is 9.59 Å². The van der Waals surface area contributed by atoms with Gasteiger partial charge in [0.25, 0.3) is 5.91 Å². The molecule has 0 N–H and O–H groups in total. The van der Waals surface area contributed by atoms with E-state index < -0.39 is 0 Å². The van der Waals surface area contributed by atoms with Gasteiger partial charge in [-0.25, -0.2) is 0 Å². The van der Waals surface area contributed by atoms with E-state index in [1.54, 1.807) is 17.9 Å². The van der Waals surface area contributed by atoms with Crippen molar-refractivity contribution in [2.45, 2.75) is 27.2 Å². The molecule has 0 spiro atoms. The van der Waals surface area contributed by atoms with Crippen molar-refractivity contribution < 1.29 is 14.3 Å². The van der Waals surface area contributed by atoms with E-state index >= 15 is 0 Å². The fourth-order valence-electron chi connectivity index (χ4n) is 2.10. The maximum absolute atomic E-state index is 12.8. The molecular formula is C17H24BrNO3. The predicted molar refractivity (Wildman–Crippen MR) is 90.7 cm³/mol. The summed E-state index contributed by atoms with van der Waals surface area (Å²) in [5.74, 6) is -0.218. The van der Waals surface area contributed by atoms with E-state index in [-0.39, 0.29) is 17.8 Å². The molecule has 1 atom stereocenters. The van der Waals surface area contributed by atoms with Crippen LogP contribution in [0.25, 0.3) is 0 Å². The zero-order chi connectivity index (χ0) is 16.7. The third-order valence-electron chi connectivity index (χ3n) is 3.47. The second-order valence-electron chi connectivity index (χ2n) is 5.84. The Bertz CT molecular complexity index is 516. The predicted octanol–water partition coefficient (Wildman–Crippen LogP) is 3.75. The van der Waals surface area contributed by atoms with Gasteiger partial charge in [0.1, 0.15) is 0 Å². The molecule has 22 heavy (non-hydrogen) atoms. The van der Waals surface area contributed by atoms with Crippen LogP contribution in [0.2, 0.25) is 0 Å². The number of nitrogens with zero attached hydrogens (tertiary/aromatic N) is 1. The van der Waals surface area contributed by atoms with Crippen molar-refractivity contribution in [2.75, 3.05) is 20.2 Å². The number of halogens is 1. The normalized spacial score (nSPS) is 12.1. The van der Waals surface area contributed by atoms with Crippen molar-refractivity contribution in [3.05, 3.63) is 34.3 Å². The molecule has 4 nitrogen and oxygen atoms in total. The van der Waals surface area contributed by atoms with Gasteiger partial charge in [-0.15, -0.1) is 0 Å². The fraction of sp³-hybridized carbons (Fsp3) is 0.529. The van der Waals surface area contributed by atoms with Crippen LogP contribution in [0.1, 0.15) is 37.6 Å². The third kappa shape index (κ3) is 5.44. The van der Waals surface area contributed by atoms with Crippen LogP contribution < -0.4 is 0 Å². The van der Waals surface area contributed by atoms with E-state index in [4.69, 9.17) is 4.74 Å². The van der Waals surface area contributed by atoms with Gasteiger partial charge in [0, 0.05) is 17.6 Å². The van der Waals surface area contributed by atoms with Crippen LogP contribution in [0.5, 0.6) is 0 Å². The number of benzene rings is 1. The average molecular weight is 370 g/mol. The highest BCUT2D eigenvalue weighted by Gasteiger charge is 2.23. The van der Waals surface area contributed by atoms with E-state index in [2.05, 4.69) is 29.8 Å². The summed E-state index contributed by atoms with van der Waals surface area (Å²) >= 11 is 3.41. The molecule has 1 rings (SSSR count). The van der Waals surface area contributed by atoms with Gasteiger partial charge in [0.05, 0.1) is 18.6 Å². The first-order chi connectivity index (χ1) is 10.4. The van der Waals surface area contributed by atoms with Crippen molar-refractivity contribution in [3.8, 4) is 0 Å². The van der Waals surface area contributed by atoms with Crippen LogP contribution in [0.4, 0.5) is 0 Å². The summed E-state index contributed by atoms with van der Waals surface area (Å²) in [7, 11) is 1.37. The minimum absolute atomic E-state index is 0.0659. The third-order valence-corrected chi connectivity index (χ3v) is 4.16. The molecular weight excluding hydrogens is 346 g/mol. The number of amides is 1. The highest BCUT2D eigenvalue weighted by Crippen LogP contribution is 2.19. The molecule has 0 aliphatic carbocycles. The molecule has 1 aromatic rings. The van der Waals surface area contributed by atoms with Gasteiger partial charge >= 0.3 is 5.97 Å². The molecule has 0 radical (unpaired) electrons. The van der Waals surface area contributed by atoms with E-state index in [1.165, 1.54) is 7.11 Å². The van der Waals surface area contributed by atoms with Gasteiger partial charge in [0.2, 0.25) is 0 Å². The molecule has 0 saturated heterocycles. The Kier molecular flexibility index (Phi) is 7.59. The van der Waals surface area contributed by atoms with Gasteiger partial charge in [-0.2, -0.15) is 0 Å². The molecule has 122 valence electrons. The Morgan fingerprint density at radius 3 is 2.41 bits per heavy atom. The number of esters is 1. The van der Waals surface area contributed by atoms with Crippen LogP contribution in [0.15, 0.2) is 28.7 Å². The second-order valence-corrected chi connectivity index (χ2v) is 6.69. The van der Waals surface area contributed by atoms with Gasteiger partial charge in [0.15, 0.2) is 0 Å². The minimum Gasteiger partial charge on any atom is -0.469 e. The Labute approximate surface area is 141 Å². The summed E-state index contributed by atoms with van der Waals surface area (Å²) in [5, 5.41) is 0. The number of hydrogen-bond donors (Lipinski definition) is 0. The Hall–Kier alpha value is -1.36. The van der Waals surface area contributed by atoms with Gasteiger partial charge in [-0.1, -0.05) is 32.9 Å². The lowest BCUT2D eigenvalue weighted by Gasteiger charge is -2.26. The fourth-order valence-corrected chi connectivity index (χ4v) is 2.56. The molecule has 1 amide bonds. The maximum Gasteiger partial charge on any atom is 0.310 e. The molecule has 1 aromatic carbocycles. The SMILES string of the molecule is COC(=O)C(C)CN(CCC(C)C)C(=O)c1ccccc1Br. The molecule has 0 aliphatic heterocycles. The monoisotopic (exact) mass is 369 g/mol. The number of rotatable bonds is 7. The van der Waals surface area contributed by atoms with Crippen LogP contribution in [-0.2, 0) is 9.53 Å². The number of carbonyl (C=O) groups is 2. The van der Waals surface area contributed by atoms with Crippen LogP contribution >= 0.6 is 15.9 Å². The summed E-state index contributed by atoms with van der Waals surface area (Å²) in [6.07, 6.45) is 0.893. The highest BCUT2D eigenvalue weighted by atomic mass is 79.9. The molecule has 1 unspecified atom stereocenters. The van der Waals surface area contributed by atoms with Gasteiger partial charge < -0.3 is 9.64 Å². The van der Waals surface area contributed by atoms with Crippen molar-refractivity contribution in [1.29, 1.82) is 0 Å². The molecule has 0 saturated carbocycles. The van der Waals surface area contributed by atoms with Crippen molar-refractivity contribution in [1.82, 2.24) is 4.90 Å². The minimum atomic E-state index is -0.344. The number of ether oxygens (including phenoxy) is 1. The van der Waals surface area contributed by atoms with Crippen LogP contribution in [0, 0.1) is 11.8 Å². The average Bonchev–Trinajstić information content (AvgIpc) is 2.49. The summed E-state index contributed by atoms with van der Waals surface area (Å²) in [5.41, 5.74) is 0.614. The topological polar surface area (TPSA) is 46.6 Å². The molecule has 0 aromatic heterocycles. The molecule has 0 aliphatic rings. The lowest BCUT2D eigenvalue weighted by atomic mass is 10.1. The molecule has 5 heteroatoms. The highest BCUT2D eigenvalue weighted by molar-refractivity contribution is 9.10. The number of carbonyl (C=O) groups excluding carboxylic acids is 2. The lowest BCUT2D eigenvalue weighted by molar-refractivity contribution is -0.145. The van der Waals surface area contributed by atoms with Crippen molar-refractivity contribution in [3.63, 3.8) is 0 Å². The standard InChI is InChI=1S/C17H24BrNO3/c1-12(2)9-10-19(11-13(3)17(21)22-4)16(20)14-7-5-6-8-15(14)18/h5-8,12-13H,9-11H2,1-4H3. The Balaban J connectivity index is 2.91. The zero-order valence-corrected chi connectivity index (χ0v) is 15.2. The number of hydrogen-bond acceptors (Lipinski definition) is 3. The second kappa shape index (κ2) is 8.93. The Morgan fingerprint density at radius 2 is 1.86 bits per heavy atom. The van der Waals surface area contributed by atoms with E-state index in [0.717, 1.165) is 10.9 Å². The Morgan fingerprint density at radius 1 is 1.23 bits per heavy atom. The first kappa shape index (κ1) is 18.7. The summed E-state index contributed by atoms with van der Waals surface area (Å²) in [4.78, 5) is 26.1. The van der Waals surface area contributed by atoms with Gasteiger partial charge in [-0.3, -0.25) is 9.59 Å². The van der Waals surface area contributed by atoms with Crippen molar-refractivity contribution >= 4 is 27.8 Å². The first-order valence-electron chi connectivity index (χ1n) is 7.48. The maximum atomic E-state index is 12.8. The quantitative estimate of drug-likeness (QED) is 0.687. The summed E-state index contributed by atoms with van der Waals surface area (Å²) in [6.45, 7) is 7.00. The zero-order valence-electron chi connectivity index (χ0n) is 13.6. The smallest absolute Gasteiger partial charge is 0.310 e. The van der Waals surface area contributed by atoms with Crippen LogP contribution in [-0.4, -0.2) is 37.0 Å².